The smallest absolute Gasteiger partial charge is 0.326 e. The van der Waals surface area contributed by atoms with Crippen molar-refractivity contribution in [1.29, 1.82) is 0 Å². The molecule has 1 aromatic heterocycles. The summed E-state index contributed by atoms with van der Waals surface area (Å²) in [6.07, 6.45) is 5.85. The maximum absolute atomic E-state index is 12.7. The van der Waals surface area contributed by atoms with Crippen molar-refractivity contribution in [2.24, 2.45) is 0 Å². The van der Waals surface area contributed by atoms with Crippen LogP contribution in [0.25, 0.3) is 11.0 Å². The van der Waals surface area contributed by atoms with Gasteiger partial charge in [-0.3, -0.25) is 19.2 Å². The van der Waals surface area contributed by atoms with Gasteiger partial charge in [0.1, 0.15) is 6.04 Å². The van der Waals surface area contributed by atoms with Crippen molar-refractivity contribution in [3.05, 3.63) is 34.2 Å². The van der Waals surface area contributed by atoms with Crippen molar-refractivity contribution >= 4 is 17.0 Å². The number of benzene rings is 1. The van der Waals surface area contributed by atoms with Gasteiger partial charge in [0.05, 0.1) is 11.0 Å². The molecule has 3 aliphatic heterocycles. The number of carboxylic acid groups (broad SMARTS) is 1. The topological polar surface area (TPSA) is 84.8 Å². The Bertz CT molecular complexity index is 1010. The number of nitrogens with one attached hydrogen (secondary N) is 1. The van der Waals surface area contributed by atoms with Gasteiger partial charge >= 0.3 is 11.7 Å². The van der Waals surface area contributed by atoms with Crippen molar-refractivity contribution in [2.75, 3.05) is 39.8 Å². The van der Waals surface area contributed by atoms with Crippen molar-refractivity contribution in [1.82, 2.24) is 24.3 Å². The number of H-pyrrole nitrogens is 1. The molecule has 3 aliphatic rings. The van der Waals surface area contributed by atoms with Gasteiger partial charge in [0.25, 0.3) is 0 Å². The first-order valence-corrected chi connectivity index (χ1v) is 12.1. The minimum absolute atomic E-state index is 0.00566. The largest absolute Gasteiger partial charge is 0.480 e. The molecule has 0 aliphatic carbocycles. The van der Waals surface area contributed by atoms with E-state index >= 15 is 0 Å². The minimum atomic E-state index is -0.667. The summed E-state index contributed by atoms with van der Waals surface area (Å²) >= 11 is 0. The van der Waals surface area contributed by atoms with E-state index in [2.05, 4.69) is 44.9 Å². The molecule has 174 valence electrons. The molecule has 0 amide bonds. The monoisotopic (exact) mass is 441 g/mol. The van der Waals surface area contributed by atoms with Crippen LogP contribution in [0.5, 0.6) is 0 Å². The molecule has 8 heteroatoms. The number of piperidine rings is 2. The van der Waals surface area contributed by atoms with Crippen LogP contribution in [0.4, 0.5) is 0 Å². The zero-order valence-electron chi connectivity index (χ0n) is 19.0. The number of aliphatic carboxylic acids is 1. The Hall–Kier alpha value is -2.16. The van der Waals surface area contributed by atoms with Crippen LogP contribution >= 0.6 is 0 Å². The molecule has 3 saturated heterocycles. The van der Waals surface area contributed by atoms with Crippen LogP contribution in [0.3, 0.4) is 0 Å². The van der Waals surface area contributed by atoms with Crippen molar-refractivity contribution in [2.45, 2.75) is 63.2 Å². The maximum Gasteiger partial charge on any atom is 0.326 e. The van der Waals surface area contributed by atoms with Crippen LogP contribution in [-0.4, -0.2) is 87.2 Å². The molecule has 0 spiro atoms. The summed E-state index contributed by atoms with van der Waals surface area (Å²) in [5.41, 5.74) is 3.17. The predicted octanol–water partition coefficient (Wildman–Crippen LogP) is 2.11. The second kappa shape index (κ2) is 9.00. The van der Waals surface area contributed by atoms with E-state index in [1.807, 2.05) is 4.57 Å². The van der Waals surface area contributed by atoms with Gasteiger partial charge in [0, 0.05) is 18.6 Å². The third kappa shape index (κ3) is 4.23. The summed E-state index contributed by atoms with van der Waals surface area (Å²) in [5.74, 6) is -0.667. The van der Waals surface area contributed by atoms with Gasteiger partial charge in [-0.2, -0.15) is 0 Å². The molecule has 8 nitrogen and oxygen atoms in total. The highest BCUT2D eigenvalue weighted by Gasteiger charge is 2.36. The van der Waals surface area contributed by atoms with E-state index in [-0.39, 0.29) is 17.8 Å². The summed E-state index contributed by atoms with van der Waals surface area (Å²) in [4.78, 5) is 34.3. The highest BCUT2D eigenvalue weighted by atomic mass is 16.4. The lowest BCUT2D eigenvalue weighted by atomic mass is 10.0. The Morgan fingerprint density at radius 1 is 1.03 bits per heavy atom. The average molecular weight is 442 g/mol. The molecule has 0 bridgehead atoms. The van der Waals surface area contributed by atoms with Crippen LogP contribution in [0.2, 0.25) is 0 Å². The number of fused-ring (bicyclic) bond motifs is 1. The number of nitrogens with zero attached hydrogens (tertiary/aromatic N) is 4. The summed E-state index contributed by atoms with van der Waals surface area (Å²) in [6, 6.07) is 6.77. The van der Waals surface area contributed by atoms with Gasteiger partial charge in [0.15, 0.2) is 0 Å². The molecule has 32 heavy (non-hydrogen) atoms. The third-order valence-corrected chi connectivity index (χ3v) is 7.85. The first kappa shape index (κ1) is 21.7. The molecule has 0 radical (unpaired) electrons. The number of hydrogen-bond donors (Lipinski definition) is 2. The summed E-state index contributed by atoms with van der Waals surface area (Å²) < 4.78 is 1.96. The fourth-order valence-electron chi connectivity index (χ4n) is 6.05. The molecule has 1 atom stereocenters. The second-order valence-corrected chi connectivity index (χ2v) is 9.93. The van der Waals surface area contributed by atoms with Gasteiger partial charge in [0.2, 0.25) is 0 Å². The Kier molecular flexibility index (Phi) is 6.09. The first-order valence-electron chi connectivity index (χ1n) is 12.1. The molecule has 3 fully saturated rings. The average Bonchev–Trinajstić information content (AvgIpc) is 3.39. The van der Waals surface area contributed by atoms with E-state index in [1.54, 1.807) is 0 Å². The lowest BCUT2D eigenvalue weighted by Crippen LogP contribution is -2.48. The SMILES string of the molecule is CN1CCC(n2c(=O)[nH]c3cc(CN4CCC(N5CCC[C@H]5C(=O)O)CC4)ccc32)CC1. The van der Waals surface area contributed by atoms with Crippen LogP contribution in [-0.2, 0) is 11.3 Å². The summed E-state index contributed by atoms with van der Waals surface area (Å²) in [6.45, 7) is 5.81. The lowest BCUT2D eigenvalue weighted by molar-refractivity contribution is -0.143. The molecule has 2 aromatic rings. The van der Waals surface area contributed by atoms with E-state index in [9.17, 15) is 14.7 Å². The Morgan fingerprint density at radius 3 is 2.47 bits per heavy atom. The molecule has 2 N–H and O–H groups in total. The maximum atomic E-state index is 12.7. The van der Waals surface area contributed by atoms with Crippen LogP contribution in [0.1, 0.15) is 50.1 Å². The number of carbonyl (C=O) groups is 1. The van der Waals surface area contributed by atoms with Gasteiger partial charge in [-0.1, -0.05) is 6.07 Å². The van der Waals surface area contributed by atoms with Gasteiger partial charge in [-0.05, 0) is 96.0 Å². The summed E-state index contributed by atoms with van der Waals surface area (Å²) in [5, 5.41) is 9.48. The molecule has 5 rings (SSSR count). The fourth-order valence-corrected chi connectivity index (χ4v) is 6.05. The van der Waals surface area contributed by atoms with E-state index in [0.29, 0.717) is 6.04 Å². The zero-order valence-corrected chi connectivity index (χ0v) is 19.0. The van der Waals surface area contributed by atoms with Crippen LogP contribution < -0.4 is 5.69 Å². The number of imidazole rings is 1. The Balaban J connectivity index is 1.23. The van der Waals surface area contributed by atoms with E-state index in [0.717, 1.165) is 88.8 Å². The molecular weight excluding hydrogens is 406 g/mol. The number of aromatic nitrogens is 2. The molecule has 1 aromatic carbocycles. The number of carboxylic acids is 1. The Labute approximate surface area is 188 Å². The van der Waals surface area contributed by atoms with Gasteiger partial charge in [-0.25, -0.2) is 4.79 Å². The fraction of sp³-hybridized carbons (Fsp3) is 0.667. The van der Waals surface area contributed by atoms with Crippen LogP contribution in [0.15, 0.2) is 23.0 Å². The molecular formula is C24H35N5O3. The molecule has 0 unspecified atom stereocenters. The second-order valence-electron chi connectivity index (χ2n) is 9.93. The normalized spacial score (nSPS) is 25.1. The highest BCUT2D eigenvalue weighted by molar-refractivity contribution is 5.76. The van der Waals surface area contributed by atoms with Crippen LogP contribution in [0, 0.1) is 0 Å². The lowest BCUT2D eigenvalue weighted by Gasteiger charge is -2.38. The quantitative estimate of drug-likeness (QED) is 0.739. The van der Waals surface area contributed by atoms with Gasteiger partial charge in [-0.15, -0.1) is 0 Å². The van der Waals surface area contributed by atoms with Gasteiger partial charge < -0.3 is 15.0 Å². The standard InChI is InChI=1S/C24H35N5O3/c1-26-11-6-19(7-12-26)29-21-5-4-17(15-20(21)25-24(29)32)16-27-13-8-18(9-14-27)28-10-2-3-22(28)23(30)31/h4-5,15,18-19,22H,2-3,6-14,16H2,1H3,(H,25,32)(H,30,31)/t22-/m0/s1. The van der Waals surface area contributed by atoms with Crippen molar-refractivity contribution in [3.63, 3.8) is 0 Å². The minimum Gasteiger partial charge on any atom is -0.480 e. The van der Waals surface area contributed by atoms with E-state index in [4.69, 9.17) is 0 Å². The number of hydrogen-bond acceptors (Lipinski definition) is 5. The zero-order chi connectivity index (χ0) is 22.2. The number of rotatable bonds is 5. The Morgan fingerprint density at radius 2 is 1.75 bits per heavy atom. The number of likely N-dealkylation sites (tertiary alicyclic amines) is 3. The highest BCUT2D eigenvalue weighted by Crippen LogP contribution is 2.28. The summed E-state index contributed by atoms with van der Waals surface area (Å²) in [7, 11) is 2.14. The molecule has 0 saturated carbocycles. The molecule has 4 heterocycles. The van der Waals surface area contributed by atoms with Crippen molar-refractivity contribution < 1.29 is 9.90 Å². The first-order chi connectivity index (χ1) is 15.5. The third-order valence-electron chi connectivity index (χ3n) is 7.85. The van der Waals surface area contributed by atoms with Crippen molar-refractivity contribution in [3.8, 4) is 0 Å². The van der Waals surface area contributed by atoms with E-state index in [1.165, 1.54) is 5.56 Å². The number of aromatic amines is 1. The predicted molar refractivity (Wildman–Crippen MR) is 124 cm³/mol. The van der Waals surface area contributed by atoms with E-state index < -0.39 is 5.97 Å².